The molecule has 0 saturated carbocycles. The van der Waals surface area contributed by atoms with Crippen molar-refractivity contribution in [1.29, 1.82) is 0 Å². The lowest BCUT2D eigenvalue weighted by atomic mass is 10.2. The van der Waals surface area contributed by atoms with E-state index in [-0.39, 0.29) is 12.4 Å². The Kier molecular flexibility index (Phi) is 7.34. The van der Waals surface area contributed by atoms with Crippen molar-refractivity contribution in [1.82, 2.24) is 14.9 Å². The molecule has 0 aliphatic heterocycles. The maximum Gasteiger partial charge on any atom is 0.214 e. The minimum absolute atomic E-state index is 0.223. The van der Waals surface area contributed by atoms with Gasteiger partial charge in [-0.15, -0.1) is 0 Å². The molecule has 0 bridgehead atoms. The number of hydrogen-bond acceptors (Lipinski definition) is 6. The number of methoxy groups -OCH3 is 2. The Morgan fingerprint density at radius 3 is 2.50 bits per heavy atom. The Balaban J connectivity index is 1.53. The number of hydrogen-bond donors (Lipinski definition) is 2. The normalized spacial score (nSPS) is 10.7. The van der Waals surface area contributed by atoms with E-state index < -0.39 is 0 Å². The molecule has 0 saturated heterocycles. The lowest BCUT2D eigenvalue weighted by Crippen LogP contribution is -2.16. The van der Waals surface area contributed by atoms with Gasteiger partial charge in [-0.05, 0) is 59.7 Å². The Bertz CT molecular complexity index is 1340. The number of aromatic amines is 1. The van der Waals surface area contributed by atoms with Crippen LogP contribution in [0.2, 0.25) is 5.02 Å². The Labute approximate surface area is 206 Å². The summed E-state index contributed by atoms with van der Waals surface area (Å²) in [6.07, 6.45) is 0. The average molecular weight is 501 g/mol. The van der Waals surface area contributed by atoms with Crippen molar-refractivity contribution >= 4 is 23.8 Å². The molecule has 4 rings (SSSR count). The summed E-state index contributed by atoms with van der Waals surface area (Å²) in [5, 5.41) is 7.53. The van der Waals surface area contributed by atoms with E-state index in [1.54, 1.807) is 37.1 Å². The highest BCUT2D eigenvalue weighted by Crippen LogP contribution is 2.37. The van der Waals surface area contributed by atoms with Crippen LogP contribution in [0.15, 0.2) is 60.7 Å². The largest absolute Gasteiger partial charge is 0.496 e. The number of para-hydroxylation sites is 1. The molecule has 0 unspecified atom stereocenters. The predicted molar refractivity (Wildman–Crippen MR) is 131 cm³/mol. The number of benzene rings is 3. The van der Waals surface area contributed by atoms with Gasteiger partial charge < -0.3 is 19.6 Å². The van der Waals surface area contributed by atoms with Gasteiger partial charge in [-0.3, -0.25) is 0 Å². The second-order valence-electron chi connectivity index (χ2n) is 7.25. The molecule has 4 aromatic rings. The van der Waals surface area contributed by atoms with Crippen LogP contribution in [-0.4, -0.2) is 29.1 Å². The number of nitrogens with one attached hydrogen (secondary N) is 2. The number of halogens is 2. The van der Waals surface area contributed by atoms with Crippen molar-refractivity contribution in [2.45, 2.75) is 13.2 Å². The molecule has 0 aliphatic carbocycles. The van der Waals surface area contributed by atoms with Crippen LogP contribution in [0.25, 0.3) is 11.4 Å². The van der Waals surface area contributed by atoms with E-state index in [1.807, 2.05) is 30.3 Å². The second-order valence-corrected chi connectivity index (χ2v) is 8.04. The Morgan fingerprint density at radius 2 is 1.76 bits per heavy atom. The van der Waals surface area contributed by atoms with Crippen LogP contribution in [0.4, 0.5) is 4.39 Å². The highest BCUT2D eigenvalue weighted by atomic mass is 35.5. The molecule has 0 aliphatic rings. The van der Waals surface area contributed by atoms with Gasteiger partial charge in [0.2, 0.25) is 4.77 Å². The van der Waals surface area contributed by atoms with Crippen molar-refractivity contribution < 1.29 is 18.6 Å². The molecule has 1 aromatic heterocycles. The summed E-state index contributed by atoms with van der Waals surface area (Å²) >= 11 is 11.9. The molecule has 0 spiro atoms. The first-order valence-corrected chi connectivity index (χ1v) is 11.1. The second kappa shape index (κ2) is 10.6. The van der Waals surface area contributed by atoms with Crippen molar-refractivity contribution in [3.8, 4) is 28.6 Å². The van der Waals surface area contributed by atoms with E-state index in [9.17, 15) is 4.39 Å². The molecule has 34 heavy (non-hydrogen) atoms. The van der Waals surface area contributed by atoms with E-state index in [1.165, 1.54) is 12.1 Å². The summed E-state index contributed by atoms with van der Waals surface area (Å²) in [6.45, 7) is 0.602. The van der Waals surface area contributed by atoms with Crippen LogP contribution in [0, 0.1) is 10.6 Å². The van der Waals surface area contributed by atoms with Crippen LogP contribution >= 0.6 is 23.8 Å². The van der Waals surface area contributed by atoms with Crippen LogP contribution in [0.5, 0.6) is 17.2 Å². The van der Waals surface area contributed by atoms with E-state index in [2.05, 4.69) is 15.6 Å². The van der Waals surface area contributed by atoms with E-state index >= 15 is 0 Å². The van der Waals surface area contributed by atoms with Crippen LogP contribution in [0.1, 0.15) is 11.1 Å². The zero-order valence-corrected chi connectivity index (χ0v) is 20.0. The molecule has 0 atom stereocenters. The molecule has 3 aromatic carbocycles. The lowest BCUT2D eigenvalue weighted by Gasteiger charge is -2.16. The summed E-state index contributed by atoms with van der Waals surface area (Å²) in [6, 6.07) is 17.2. The third-order valence-corrected chi connectivity index (χ3v) is 5.60. The van der Waals surface area contributed by atoms with Gasteiger partial charge in [0.05, 0.1) is 31.4 Å². The van der Waals surface area contributed by atoms with Gasteiger partial charge >= 0.3 is 0 Å². The quantitative estimate of drug-likeness (QED) is 0.285. The average Bonchev–Trinajstić information content (AvgIpc) is 3.22. The molecule has 176 valence electrons. The van der Waals surface area contributed by atoms with Crippen LogP contribution < -0.4 is 19.6 Å². The summed E-state index contributed by atoms with van der Waals surface area (Å²) in [5.41, 5.74) is 5.69. The first-order chi connectivity index (χ1) is 16.5. The van der Waals surface area contributed by atoms with Gasteiger partial charge in [0.1, 0.15) is 18.2 Å². The summed E-state index contributed by atoms with van der Waals surface area (Å²) < 4.78 is 32.0. The SMILES string of the molecule is COc1ccccc1-c1n[nH]c(=S)n1NCc1cc(Cl)c(OCc2ccc(F)cc2)c(OC)c1. The predicted octanol–water partition coefficient (Wildman–Crippen LogP) is 5.74. The highest BCUT2D eigenvalue weighted by molar-refractivity contribution is 7.71. The van der Waals surface area contributed by atoms with Gasteiger partial charge in [-0.1, -0.05) is 35.9 Å². The summed E-state index contributed by atoms with van der Waals surface area (Å²) in [7, 11) is 3.14. The number of rotatable bonds is 9. The van der Waals surface area contributed by atoms with Gasteiger partial charge in [0, 0.05) is 0 Å². The van der Waals surface area contributed by atoms with Gasteiger partial charge in [0.25, 0.3) is 0 Å². The number of H-pyrrole nitrogens is 1. The van der Waals surface area contributed by atoms with Crippen molar-refractivity contribution in [3.05, 3.63) is 87.4 Å². The third kappa shape index (κ3) is 5.16. The minimum atomic E-state index is -0.303. The number of nitrogens with zero attached hydrogens (tertiary/aromatic N) is 2. The molecule has 7 nitrogen and oxygen atoms in total. The third-order valence-electron chi connectivity index (χ3n) is 5.05. The summed E-state index contributed by atoms with van der Waals surface area (Å²) in [4.78, 5) is 0. The molecule has 10 heteroatoms. The van der Waals surface area contributed by atoms with E-state index in [4.69, 9.17) is 38.0 Å². The molecule has 2 N–H and O–H groups in total. The topological polar surface area (TPSA) is 73.3 Å². The monoisotopic (exact) mass is 500 g/mol. The standard InChI is InChI=1S/C24H22ClFN4O3S/c1-31-20-6-4-3-5-18(20)23-28-29-24(34)30(23)27-13-16-11-19(25)22(21(12-16)32-2)33-14-15-7-9-17(26)10-8-15/h3-12,27H,13-14H2,1-2H3,(H,29,34). The Hall–Kier alpha value is -3.56. The van der Waals surface area contributed by atoms with Crippen molar-refractivity contribution in [2.24, 2.45) is 0 Å². The number of aromatic nitrogens is 3. The molecular weight excluding hydrogens is 479 g/mol. The van der Waals surface area contributed by atoms with E-state index in [0.717, 1.165) is 16.7 Å². The van der Waals surface area contributed by atoms with Gasteiger partial charge in [-0.2, -0.15) is 5.10 Å². The maximum absolute atomic E-state index is 13.1. The van der Waals surface area contributed by atoms with Gasteiger partial charge in [0.15, 0.2) is 17.3 Å². The number of ether oxygens (including phenoxy) is 3. The fourth-order valence-corrected chi connectivity index (χ4v) is 3.86. The molecule has 0 fully saturated rings. The fourth-order valence-electron chi connectivity index (χ4n) is 3.38. The molecule has 0 amide bonds. The first kappa shape index (κ1) is 23.6. The minimum Gasteiger partial charge on any atom is -0.496 e. The molecule has 1 heterocycles. The summed E-state index contributed by atoms with van der Waals surface area (Å²) in [5.74, 6) is 1.84. The molecule has 0 radical (unpaired) electrons. The lowest BCUT2D eigenvalue weighted by molar-refractivity contribution is 0.284. The van der Waals surface area contributed by atoms with E-state index in [0.29, 0.717) is 39.4 Å². The van der Waals surface area contributed by atoms with Crippen molar-refractivity contribution in [3.63, 3.8) is 0 Å². The fraction of sp³-hybridized carbons (Fsp3) is 0.167. The maximum atomic E-state index is 13.1. The zero-order chi connectivity index (χ0) is 24.1. The van der Waals surface area contributed by atoms with Crippen LogP contribution in [0.3, 0.4) is 0 Å². The Morgan fingerprint density at radius 1 is 1.03 bits per heavy atom. The smallest absolute Gasteiger partial charge is 0.214 e. The zero-order valence-electron chi connectivity index (χ0n) is 18.5. The van der Waals surface area contributed by atoms with Crippen molar-refractivity contribution in [2.75, 3.05) is 19.6 Å². The van der Waals surface area contributed by atoms with Crippen LogP contribution in [-0.2, 0) is 13.2 Å². The highest BCUT2D eigenvalue weighted by Gasteiger charge is 2.15. The molecular formula is C24H22ClFN4O3S. The first-order valence-electron chi connectivity index (χ1n) is 10.3. The van der Waals surface area contributed by atoms with Gasteiger partial charge in [-0.25, -0.2) is 14.2 Å².